The summed E-state index contributed by atoms with van der Waals surface area (Å²) in [5.41, 5.74) is 1.51. The van der Waals surface area contributed by atoms with Crippen LogP contribution in [-0.4, -0.2) is 19.1 Å². The predicted molar refractivity (Wildman–Crippen MR) is 148 cm³/mol. The Labute approximate surface area is 214 Å². The summed E-state index contributed by atoms with van der Waals surface area (Å²) in [5.74, 6) is 1.31. The lowest BCUT2D eigenvalue weighted by Gasteiger charge is -2.32. The molecule has 1 atom stereocenters. The Morgan fingerprint density at radius 2 is 1.74 bits per heavy atom. The second-order valence-electron chi connectivity index (χ2n) is 10.3. The van der Waals surface area contributed by atoms with Gasteiger partial charge in [0.2, 0.25) is 9.04 Å². The van der Waals surface area contributed by atoms with Crippen LogP contribution in [0.3, 0.4) is 0 Å². The minimum absolute atomic E-state index is 0.138. The van der Waals surface area contributed by atoms with Gasteiger partial charge in [-0.3, -0.25) is 0 Å². The topological polar surface area (TPSA) is 51.6 Å². The van der Waals surface area contributed by atoms with Crippen molar-refractivity contribution in [2.24, 2.45) is 0 Å². The summed E-state index contributed by atoms with van der Waals surface area (Å²) in [7, 11) is -1.51. The van der Waals surface area contributed by atoms with Crippen molar-refractivity contribution in [2.45, 2.75) is 64.8 Å². The van der Waals surface area contributed by atoms with Crippen LogP contribution < -0.4 is 9.16 Å². The molecule has 0 aliphatic heterocycles. The van der Waals surface area contributed by atoms with Crippen LogP contribution in [0.2, 0.25) is 13.1 Å². The minimum Gasteiger partial charge on any atom is -0.544 e. The second kappa shape index (κ2) is 10.1. The maximum atomic E-state index is 12.0. The van der Waals surface area contributed by atoms with Crippen LogP contribution in [0, 0.1) is 0 Å². The van der Waals surface area contributed by atoms with Gasteiger partial charge in [-0.1, -0.05) is 64.1 Å². The fourth-order valence-electron chi connectivity index (χ4n) is 4.18. The predicted octanol–water partition coefficient (Wildman–Crippen LogP) is 7.18. The molecule has 4 nitrogen and oxygen atoms in total. The van der Waals surface area contributed by atoms with Crippen molar-refractivity contribution in [1.82, 2.24) is 4.98 Å². The van der Waals surface area contributed by atoms with Crippen molar-refractivity contribution in [3.05, 3.63) is 87.9 Å². The van der Waals surface area contributed by atoms with Crippen molar-refractivity contribution in [2.75, 3.05) is 0 Å². The van der Waals surface area contributed by atoms with Crippen molar-refractivity contribution in [3.63, 3.8) is 0 Å². The highest BCUT2D eigenvalue weighted by Gasteiger charge is 2.38. The number of aromatic nitrogens is 1. The molecule has 3 aromatic carbocycles. The van der Waals surface area contributed by atoms with Gasteiger partial charge >= 0.3 is 0 Å². The van der Waals surface area contributed by atoms with E-state index in [0.717, 1.165) is 16.7 Å². The van der Waals surface area contributed by atoms with Crippen LogP contribution in [0.25, 0.3) is 10.8 Å². The third-order valence-electron chi connectivity index (χ3n) is 6.23. The van der Waals surface area contributed by atoms with Crippen molar-refractivity contribution >= 4 is 31.1 Å². The van der Waals surface area contributed by atoms with Gasteiger partial charge in [0.05, 0.1) is 0 Å². The minimum atomic E-state index is -1.51. The third-order valence-corrected chi connectivity index (χ3v) is 7.86. The highest BCUT2D eigenvalue weighted by molar-refractivity contribution is 7.09. The zero-order valence-electron chi connectivity index (χ0n) is 21.5. The van der Waals surface area contributed by atoms with Crippen LogP contribution >= 0.6 is 11.3 Å². The molecule has 4 rings (SSSR count). The Kier molecular flexibility index (Phi) is 7.36. The van der Waals surface area contributed by atoms with Gasteiger partial charge in [-0.05, 0) is 65.0 Å². The molecule has 1 N–H and O–H groups in total. The number of hydrogen-bond acceptors (Lipinski definition) is 5. The van der Waals surface area contributed by atoms with E-state index < -0.39 is 14.6 Å². The molecule has 1 unspecified atom stereocenters. The van der Waals surface area contributed by atoms with E-state index in [0.29, 0.717) is 29.5 Å². The molecule has 1 aromatic heterocycles. The zero-order chi connectivity index (χ0) is 25.2. The number of hydrogen-bond donors (Lipinski definition) is 1. The largest absolute Gasteiger partial charge is 0.544 e. The first-order valence-corrected chi connectivity index (χ1v) is 15.9. The van der Waals surface area contributed by atoms with Gasteiger partial charge in [0.1, 0.15) is 17.2 Å². The van der Waals surface area contributed by atoms with Crippen LogP contribution in [0.15, 0.2) is 66.2 Å². The summed E-state index contributed by atoms with van der Waals surface area (Å²) in [6.45, 7) is 13.2. The fourth-order valence-corrected chi connectivity index (χ4v) is 5.72. The molecule has 0 spiro atoms. The highest BCUT2D eigenvalue weighted by atomic mass is 32.1. The standard InChI is InChI=1S/C29H35NO3SSi/c1-7-29(31,27-30-14-15-34-27)24-17-23(28(2,3)4)18-25(26(24)33-35(5)6)32-19-20-12-13-21-10-8-9-11-22(21)16-20/h8-18,31,35H,7,19H2,1-6H3. The quantitative estimate of drug-likeness (QED) is 0.258. The molecule has 0 aliphatic carbocycles. The van der Waals surface area contributed by atoms with E-state index in [1.807, 2.05) is 12.3 Å². The molecule has 0 bridgehead atoms. The Morgan fingerprint density at radius 3 is 2.37 bits per heavy atom. The van der Waals surface area contributed by atoms with E-state index in [1.54, 1.807) is 6.20 Å². The molecule has 0 amide bonds. The van der Waals surface area contributed by atoms with E-state index in [-0.39, 0.29) is 5.41 Å². The van der Waals surface area contributed by atoms with E-state index in [9.17, 15) is 5.11 Å². The second-order valence-corrected chi connectivity index (χ2v) is 13.5. The lowest BCUT2D eigenvalue weighted by molar-refractivity contribution is 0.0737. The van der Waals surface area contributed by atoms with E-state index in [2.05, 4.69) is 93.4 Å². The normalized spacial score (nSPS) is 13.7. The molecule has 6 heteroatoms. The van der Waals surface area contributed by atoms with Crippen LogP contribution in [0.1, 0.15) is 55.8 Å². The van der Waals surface area contributed by atoms with Crippen LogP contribution in [0.4, 0.5) is 0 Å². The molecule has 0 radical (unpaired) electrons. The van der Waals surface area contributed by atoms with Gasteiger partial charge in [-0.25, -0.2) is 4.98 Å². The van der Waals surface area contributed by atoms with Crippen LogP contribution in [0.5, 0.6) is 11.5 Å². The first kappa shape index (κ1) is 25.4. The van der Waals surface area contributed by atoms with Gasteiger partial charge < -0.3 is 14.3 Å². The number of nitrogens with zero attached hydrogens (tertiary/aromatic N) is 1. The molecule has 0 saturated heterocycles. The molecule has 0 saturated carbocycles. The van der Waals surface area contributed by atoms with Gasteiger partial charge in [0, 0.05) is 17.1 Å². The average molecular weight is 506 g/mol. The Balaban J connectivity index is 1.83. The van der Waals surface area contributed by atoms with Gasteiger partial charge in [0.15, 0.2) is 11.5 Å². The Hall–Kier alpha value is -2.67. The molecule has 1 heterocycles. The smallest absolute Gasteiger partial charge is 0.229 e. The monoisotopic (exact) mass is 505 g/mol. The maximum Gasteiger partial charge on any atom is 0.229 e. The van der Waals surface area contributed by atoms with Crippen molar-refractivity contribution < 1.29 is 14.3 Å². The molecule has 0 aliphatic rings. The molecular formula is C29H35NO3SSi. The number of fused-ring (bicyclic) bond motifs is 1. The van der Waals surface area contributed by atoms with E-state index in [1.165, 1.54) is 22.1 Å². The summed E-state index contributed by atoms with van der Waals surface area (Å²) in [6, 6.07) is 18.9. The SMILES string of the molecule is CCC(O)(c1nccs1)c1cc(C(C)(C)C)cc(OCc2ccc3ccccc3c2)c1O[SiH](C)C. The summed E-state index contributed by atoms with van der Waals surface area (Å²) in [4.78, 5) is 4.48. The van der Waals surface area contributed by atoms with E-state index >= 15 is 0 Å². The van der Waals surface area contributed by atoms with Crippen LogP contribution in [-0.2, 0) is 17.6 Å². The zero-order valence-corrected chi connectivity index (χ0v) is 23.4. The lowest BCUT2D eigenvalue weighted by Crippen LogP contribution is -2.29. The number of thiazole rings is 1. The van der Waals surface area contributed by atoms with Crippen molar-refractivity contribution in [3.8, 4) is 11.5 Å². The summed E-state index contributed by atoms with van der Waals surface area (Å²) in [6.07, 6.45) is 2.22. The number of ether oxygens (including phenoxy) is 1. The molecule has 35 heavy (non-hydrogen) atoms. The summed E-state index contributed by atoms with van der Waals surface area (Å²) >= 11 is 1.46. The van der Waals surface area contributed by atoms with E-state index in [4.69, 9.17) is 9.16 Å². The number of aliphatic hydroxyl groups is 1. The molecular weight excluding hydrogens is 470 g/mol. The Morgan fingerprint density at radius 1 is 1.00 bits per heavy atom. The fraction of sp³-hybridized carbons (Fsp3) is 0.345. The van der Waals surface area contributed by atoms with Crippen molar-refractivity contribution in [1.29, 1.82) is 0 Å². The molecule has 0 fully saturated rings. The van der Waals surface area contributed by atoms with Gasteiger partial charge in [0.25, 0.3) is 0 Å². The number of rotatable bonds is 8. The van der Waals surface area contributed by atoms with Gasteiger partial charge in [-0.15, -0.1) is 11.3 Å². The highest BCUT2D eigenvalue weighted by Crippen LogP contribution is 2.46. The lowest BCUT2D eigenvalue weighted by atomic mass is 9.82. The maximum absolute atomic E-state index is 12.0. The first-order valence-electron chi connectivity index (χ1n) is 12.2. The molecule has 184 valence electrons. The average Bonchev–Trinajstić information content (AvgIpc) is 3.37. The summed E-state index contributed by atoms with van der Waals surface area (Å²) in [5, 5.41) is 17.0. The molecule has 4 aromatic rings. The first-order chi connectivity index (χ1) is 16.6. The number of benzene rings is 3. The summed E-state index contributed by atoms with van der Waals surface area (Å²) < 4.78 is 13.0. The van der Waals surface area contributed by atoms with Gasteiger partial charge in [-0.2, -0.15) is 0 Å². The Bertz CT molecular complexity index is 1300. The third kappa shape index (κ3) is 5.45.